The topological polar surface area (TPSA) is 30.7 Å². The first kappa shape index (κ1) is 10.5. The predicted molar refractivity (Wildman–Crippen MR) is 70.8 cm³/mol. The Morgan fingerprint density at radius 2 is 1.94 bits per heavy atom. The van der Waals surface area contributed by atoms with E-state index < -0.39 is 0 Å². The lowest BCUT2D eigenvalue weighted by atomic mass is 10.2. The number of pyridine rings is 1. The molecule has 0 aliphatic heterocycles. The summed E-state index contributed by atoms with van der Waals surface area (Å²) in [6, 6.07) is 12.3. The third-order valence-electron chi connectivity index (χ3n) is 2.62. The summed E-state index contributed by atoms with van der Waals surface area (Å²) >= 11 is 3.40. The maximum atomic E-state index is 4.39. The summed E-state index contributed by atoms with van der Waals surface area (Å²) in [6.45, 7) is 0.798. The van der Waals surface area contributed by atoms with Crippen LogP contribution in [0.1, 0.15) is 5.56 Å². The molecule has 2 heterocycles. The van der Waals surface area contributed by atoms with E-state index >= 15 is 0 Å². The second-order valence-electron chi connectivity index (χ2n) is 3.85. The molecule has 0 aliphatic rings. The number of benzene rings is 1. The Bertz CT molecular complexity index is 646. The van der Waals surface area contributed by atoms with Crippen LogP contribution in [0.15, 0.2) is 53.4 Å². The lowest BCUT2D eigenvalue weighted by Gasteiger charge is -2.03. The summed E-state index contributed by atoms with van der Waals surface area (Å²) in [6.07, 6.45) is 3.63. The molecule has 4 heteroatoms. The number of halogens is 1. The zero-order valence-corrected chi connectivity index (χ0v) is 10.6. The minimum Gasteiger partial charge on any atom is -0.311 e. The van der Waals surface area contributed by atoms with E-state index in [4.69, 9.17) is 0 Å². The lowest BCUT2D eigenvalue weighted by Crippen LogP contribution is -1.98. The summed E-state index contributed by atoms with van der Waals surface area (Å²) in [5.41, 5.74) is 3.07. The first-order valence-corrected chi connectivity index (χ1v) is 6.12. The smallest absolute Gasteiger partial charge is 0.160 e. The zero-order valence-electron chi connectivity index (χ0n) is 9.05. The van der Waals surface area contributed by atoms with Crippen molar-refractivity contribution in [1.29, 1.82) is 0 Å². The van der Waals surface area contributed by atoms with Gasteiger partial charge in [-0.3, -0.25) is 0 Å². The molecule has 84 valence electrons. The molecule has 2 aromatic heterocycles. The maximum absolute atomic E-state index is 4.39. The molecule has 0 radical (unpaired) electrons. The quantitative estimate of drug-likeness (QED) is 0.724. The van der Waals surface area contributed by atoms with E-state index in [0.29, 0.717) is 0 Å². The molecule has 0 aliphatic carbocycles. The SMILES string of the molecule is Brc1cnc2c(c1)ncn2Cc1ccccc1. The minimum absolute atomic E-state index is 0.798. The van der Waals surface area contributed by atoms with Crippen molar-refractivity contribution in [3.63, 3.8) is 0 Å². The molecule has 0 fully saturated rings. The highest BCUT2D eigenvalue weighted by Crippen LogP contribution is 2.16. The van der Waals surface area contributed by atoms with Gasteiger partial charge >= 0.3 is 0 Å². The number of nitrogens with zero attached hydrogens (tertiary/aromatic N) is 3. The van der Waals surface area contributed by atoms with Crippen molar-refractivity contribution in [2.24, 2.45) is 0 Å². The zero-order chi connectivity index (χ0) is 11.7. The molecule has 0 atom stereocenters. The lowest BCUT2D eigenvalue weighted by molar-refractivity contribution is 0.814. The molecule has 0 N–H and O–H groups in total. The Morgan fingerprint density at radius 1 is 1.12 bits per heavy atom. The fraction of sp³-hybridized carbons (Fsp3) is 0.0769. The Kier molecular flexibility index (Phi) is 2.65. The predicted octanol–water partition coefficient (Wildman–Crippen LogP) is 3.24. The van der Waals surface area contributed by atoms with Crippen LogP contribution in [-0.4, -0.2) is 14.5 Å². The number of hydrogen-bond acceptors (Lipinski definition) is 2. The first-order valence-electron chi connectivity index (χ1n) is 5.33. The van der Waals surface area contributed by atoms with E-state index in [1.165, 1.54) is 5.56 Å². The first-order chi connectivity index (χ1) is 8.33. The monoisotopic (exact) mass is 287 g/mol. The summed E-state index contributed by atoms with van der Waals surface area (Å²) in [5, 5.41) is 0. The fourth-order valence-electron chi connectivity index (χ4n) is 1.82. The second-order valence-corrected chi connectivity index (χ2v) is 4.77. The molecule has 0 spiro atoms. The molecular weight excluding hydrogens is 278 g/mol. The van der Waals surface area contributed by atoms with Gasteiger partial charge in [-0.1, -0.05) is 30.3 Å². The third kappa shape index (κ3) is 2.08. The normalized spacial score (nSPS) is 10.9. The van der Waals surface area contributed by atoms with Gasteiger partial charge in [-0.2, -0.15) is 0 Å². The molecule has 17 heavy (non-hydrogen) atoms. The largest absolute Gasteiger partial charge is 0.311 e. The van der Waals surface area contributed by atoms with E-state index in [1.807, 2.05) is 30.6 Å². The van der Waals surface area contributed by atoms with Crippen LogP contribution in [0, 0.1) is 0 Å². The highest BCUT2D eigenvalue weighted by atomic mass is 79.9. The number of hydrogen-bond donors (Lipinski definition) is 0. The van der Waals surface area contributed by atoms with E-state index in [0.717, 1.165) is 22.2 Å². The van der Waals surface area contributed by atoms with Crippen LogP contribution in [0.5, 0.6) is 0 Å². The Hall–Kier alpha value is -1.68. The van der Waals surface area contributed by atoms with E-state index in [2.05, 4.69) is 42.6 Å². The molecule has 0 amide bonds. The molecule has 0 unspecified atom stereocenters. The van der Waals surface area contributed by atoms with E-state index in [1.54, 1.807) is 6.20 Å². The van der Waals surface area contributed by atoms with Crippen LogP contribution < -0.4 is 0 Å². The van der Waals surface area contributed by atoms with Crippen molar-refractivity contribution in [2.45, 2.75) is 6.54 Å². The van der Waals surface area contributed by atoms with Crippen LogP contribution in [0.3, 0.4) is 0 Å². The van der Waals surface area contributed by atoms with Crippen LogP contribution >= 0.6 is 15.9 Å². The fourth-order valence-corrected chi connectivity index (χ4v) is 2.14. The minimum atomic E-state index is 0.798. The van der Waals surface area contributed by atoms with Crippen molar-refractivity contribution in [3.05, 3.63) is 59.0 Å². The summed E-state index contributed by atoms with van der Waals surface area (Å²) in [4.78, 5) is 8.74. The van der Waals surface area contributed by atoms with Gasteiger partial charge in [-0.05, 0) is 27.6 Å². The highest BCUT2D eigenvalue weighted by molar-refractivity contribution is 9.10. The van der Waals surface area contributed by atoms with Crippen molar-refractivity contribution < 1.29 is 0 Å². The van der Waals surface area contributed by atoms with Crippen LogP contribution in [0.2, 0.25) is 0 Å². The van der Waals surface area contributed by atoms with Gasteiger partial charge in [0, 0.05) is 10.7 Å². The van der Waals surface area contributed by atoms with Gasteiger partial charge in [0.2, 0.25) is 0 Å². The van der Waals surface area contributed by atoms with E-state index in [-0.39, 0.29) is 0 Å². The van der Waals surface area contributed by atoms with Gasteiger partial charge in [-0.25, -0.2) is 9.97 Å². The van der Waals surface area contributed by atoms with Gasteiger partial charge in [0.05, 0.1) is 12.9 Å². The number of fused-ring (bicyclic) bond motifs is 1. The summed E-state index contributed by atoms with van der Waals surface area (Å²) in [7, 11) is 0. The highest BCUT2D eigenvalue weighted by Gasteiger charge is 2.04. The molecule has 3 nitrogen and oxygen atoms in total. The molecule has 0 saturated heterocycles. The molecule has 1 aromatic carbocycles. The average Bonchev–Trinajstić information content (AvgIpc) is 2.73. The number of rotatable bonds is 2. The van der Waals surface area contributed by atoms with Crippen molar-refractivity contribution in [1.82, 2.24) is 14.5 Å². The molecule has 0 bridgehead atoms. The van der Waals surface area contributed by atoms with Crippen molar-refractivity contribution in [2.75, 3.05) is 0 Å². The van der Waals surface area contributed by atoms with Gasteiger partial charge in [-0.15, -0.1) is 0 Å². The van der Waals surface area contributed by atoms with Crippen molar-refractivity contribution in [3.8, 4) is 0 Å². The molecule has 0 saturated carbocycles. The summed E-state index contributed by atoms with van der Waals surface area (Å²) in [5.74, 6) is 0. The van der Waals surface area contributed by atoms with E-state index in [9.17, 15) is 0 Å². The summed E-state index contributed by atoms with van der Waals surface area (Å²) < 4.78 is 3.01. The second kappa shape index (κ2) is 4.30. The number of aromatic nitrogens is 3. The Morgan fingerprint density at radius 3 is 2.76 bits per heavy atom. The Labute approximate surface area is 107 Å². The standard InChI is InChI=1S/C13H10BrN3/c14-11-6-12-13(15-7-11)17(9-16-12)8-10-4-2-1-3-5-10/h1-7,9H,8H2. The van der Waals surface area contributed by atoms with Crippen LogP contribution in [0.25, 0.3) is 11.2 Å². The average molecular weight is 288 g/mol. The third-order valence-corrected chi connectivity index (χ3v) is 3.05. The van der Waals surface area contributed by atoms with Crippen molar-refractivity contribution >= 4 is 27.1 Å². The molecular formula is C13H10BrN3. The Balaban J connectivity index is 2.01. The van der Waals surface area contributed by atoms with Crippen LogP contribution in [-0.2, 0) is 6.54 Å². The molecule has 3 rings (SSSR count). The van der Waals surface area contributed by atoms with Gasteiger partial charge in [0.25, 0.3) is 0 Å². The maximum Gasteiger partial charge on any atom is 0.160 e. The number of imidazole rings is 1. The van der Waals surface area contributed by atoms with Gasteiger partial charge in [0.1, 0.15) is 5.52 Å². The van der Waals surface area contributed by atoms with Gasteiger partial charge in [0.15, 0.2) is 5.65 Å². The molecule has 3 aromatic rings. The van der Waals surface area contributed by atoms with Gasteiger partial charge < -0.3 is 4.57 Å². The van der Waals surface area contributed by atoms with Crippen LogP contribution in [0.4, 0.5) is 0 Å².